The zero-order valence-corrected chi connectivity index (χ0v) is 10.4. The molecule has 4 N–H and O–H groups in total. The molecule has 2 rings (SSSR count). The van der Waals surface area contributed by atoms with Gasteiger partial charge in [0, 0.05) is 30.6 Å². The van der Waals surface area contributed by atoms with Crippen LogP contribution in [0.5, 0.6) is 0 Å². The first-order valence-electron chi connectivity index (χ1n) is 5.88. The maximum Gasteiger partial charge on any atom is 0.326 e. The van der Waals surface area contributed by atoms with Gasteiger partial charge in [-0.05, 0) is 11.6 Å². The topological polar surface area (TPSA) is 94.2 Å². The number of benzene rings is 1. The van der Waals surface area contributed by atoms with Crippen molar-refractivity contribution < 1.29 is 14.7 Å². The number of amides is 2. The fraction of sp³-hybridized carbons (Fsp3) is 0.231. The van der Waals surface area contributed by atoms with Crippen molar-refractivity contribution in [3.63, 3.8) is 0 Å². The van der Waals surface area contributed by atoms with Crippen LogP contribution in [0.15, 0.2) is 30.5 Å². The van der Waals surface area contributed by atoms with Gasteiger partial charge < -0.3 is 20.7 Å². The van der Waals surface area contributed by atoms with Crippen LogP contribution in [-0.4, -0.2) is 35.2 Å². The van der Waals surface area contributed by atoms with E-state index in [2.05, 4.69) is 15.6 Å². The maximum atomic E-state index is 11.2. The highest BCUT2D eigenvalue weighted by Gasteiger charge is 2.21. The van der Waals surface area contributed by atoms with Gasteiger partial charge >= 0.3 is 12.0 Å². The van der Waals surface area contributed by atoms with Crippen LogP contribution >= 0.6 is 0 Å². The van der Waals surface area contributed by atoms with Gasteiger partial charge in [-0.1, -0.05) is 18.2 Å². The molecule has 0 aliphatic heterocycles. The van der Waals surface area contributed by atoms with Crippen molar-refractivity contribution >= 4 is 22.9 Å². The number of aliphatic carboxylic acids is 1. The van der Waals surface area contributed by atoms with Crippen molar-refractivity contribution in [3.05, 3.63) is 36.0 Å². The van der Waals surface area contributed by atoms with Crippen molar-refractivity contribution in [3.8, 4) is 0 Å². The number of aromatic amines is 1. The molecule has 0 aliphatic rings. The molecule has 2 aromatic rings. The van der Waals surface area contributed by atoms with Crippen LogP contribution in [0.2, 0.25) is 0 Å². The normalized spacial score (nSPS) is 12.1. The second-order valence-corrected chi connectivity index (χ2v) is 4.18. The fourth-order valence-corrected chi connectivity index (χ4v) is 1.95. The van der Waals surface area contributed by atoms with Gasteiger partial charge in [0.2, 0.25) is 0 Å². The molecule has 0 spiro atoms. The van der Waals surface area contributed by atoms with E-state index in [0.717, 1.165) is 16.5 Å². The summed E-state index contributed by atoms with van der Waals surface area (Å²) in [4.78, 5) is 25.5. The third-order valence-corrected chi connectivity index (χ3v) is 2.93. The number of fused-ring (bicyclic) bond motifs is 1. The highest BCUT2D eigenvalue weighted by Crippen LogP contribution is 2.19. The molecule has 100 valence electrons. The molecule has 0 saturated heterocycles. The molecule has 6 heteroatoms. The Hall–Kier alpha value is -2.50. The second kappa shape index (κ2) is 5.43. The molecule has 0 fully saturated rings. The van der Waals surface area contributed by atoms with Crippen molar-refractivity contribution in [2.24, 2.45) is 0 Å². The number of carbonyl (C=O) groups is 2. The van der Waals surface area contributed by atoms with Gasteiger partial charge in [-0.3, -0.25) is 0 Å². The Morgan fingerprint density at radius 2 is 2.11 bits per heavy atom. The van der Waals surface area contributed by atoms with Crippen molar-refractivity contribution in [1.82, 2.24) is 15.6 Å². The lowest BCUT2D eigenvalue weighted by atomic mass is 10.1. The summed E-state index contributed by atoms with van der Waals surface area (Å²) in [5.74, 6) is -1.06. The van der Waals surface area contributed by atoms with E-state index in [9.17, 15) is 9.59 Å². The standard InChI is InChI=1S/C13H15N3O3/c1-14-13(19)16-11(12(17)18)6-8-7-15-10-5-3-2-4-9(8)10/h2-5,7,11,15H,6H2,1H3,(H,17,18)(H2,14,16,19)/t11-/m0/s1. The SMILES string of the molecule is CNC(=O)N[C@@H](Cc1c[nH]c2ccccc12)C(=O)O. The number of urea groups is 1. The number of carboxylic acid groups (broad SMARTS) is 1. The number of hydrogen-bond acceptors (Lipinski definition) is 2. The average molecular weight is 261 g/mol. The number of rotatable bonds is 4. The summed E-state index contributed by atoms with van der Waals surface area (Å²) in [6.45, 7) is 0. The summed E-state index contributed by atoms with van der Waals surface area (Å²) < 4.78 is 0. The van der Waals surface area contributed by atoms with Gasteiger partial charge in [0.15, 0.2) is 0 Å². The Morgan fingerprint density at radius 3 is 2.79 bits per heavy atom. The molecular weight excluding hydrogens is 246 g/mol. The largest absolute Gasteiger partial charge is 0.480 e. The molecule has 2 amide bonds. The molecular formula is C13H15N3O3. The Morgan fingerprint density at radius 1 is 1.37 bits per heavy atom. The third-order valence-electron chi connectivity index (χ3n) is 2.93. The van der Waals surface area contributed by atoms with Crippen LogP contribution in [0.4, 0.5) is 4.79 Å². The summed E-state index contributed by atoms with van der Waals surface area (Å²) in [6.07, 6.45) is 2.00. The summed E-state index contributed by atoms with van der Waals surface area (Å²) in [5.41, 5.74) is 1.81. The van der Waals surface area contributed by atoms with Gasteiger partial charge in [0.05, 0.1) is 0 Å². The van der Waals surface area contributed by atoms with Gasteiger partial charge in [-0.15, -0.1) is 0 Å². The highest BCUT2D eigenvalue weighted by molar-refractivity contribution is 5.86. The first-order chi connectivity index (χ1) is 9.11. The van der Waals surface area contributed by atoms with Crippen molar-refractivity contribution in [2.75, 3.05) is 7.05 Å². The smallest absolute Gasteiger partial charge is 0.326 e. The van der Waals surface area contributed by atoms with E-state index in [0.29, 0.717) is 0 Å². The van der Waals surface area contributed by atoms with Crippen LogP contribution in [0.3, 0.4) is 0 Å². The van der Waals surface area contributed by atoms with E-state index >= 15 is 0 Å². The number of para-hydroxylation sites is 1. The molecule has 19 heavy (non-hydrogen) atoms. The minimum absolute atomic E-state index is 0.229. The van der Waals surface area contributed by atoms with E-state index in [1.54, 1.807) is 6.20 Å². The summed E-state index contributed by atoms with van der Waals surface area (Å²) in [6, 6.07) is 6.16. The van der Waals surface area contributed by atoms with Crippen LogP contribution in [0.1, 0.15) is 5.56 Å². The van der Waals surface area contributed by atoms with E-state index in [1.165, 1.54) is 7.05 Å². The summed E-state index contributed by atoms with van der Waals surface area (Å²) >= 11 is 0. The van der Waals surface area contributed by atoms with Crippen LogP contribution < -0.4 is 10.6 Å². The zero-order valence-electron chi connectivity index (χ0n) is 10.4. The quantitative estimate of drug-likeness (QED) is 0.663. The number of aromatic nitrogens is 1. The van der Waals surface area contributed by atoms with E-state index in [1.807, 2.05) is 24.3 Å². The number of H-pyrrole nitrogens is 1. The minimum Gasteiger partial charge on any atom is -0.480 e. The fourth-order valence-electron chi connectivity index (χ4n) is 1.95. The highest BCUT2D eigenvalue weighted by atomic mass is 16.4. The number of carbonyl (C=O) groups excluding carboxylic acids is 1. The molecule has 0 radical (unpaired) electrons. The first-order valence-corrected chi connectivity index (χ1v) is 5.88. The molecule has 6 nitrogen and oxygen atoms in total. The Bertz CT molecular complexity index is 606. The molecule has 1 aromatic carbocycles. The second-order valence-electron chi connectivity index (χ2n) is 4.18. The van der Waals surface area contributed by atoms with E-state index in [4.69, 9.17) is 5.11 Å². The van der Waals surface area contributed by atoms with Crippen LogP contribution in [0.25, 0.3) is 10.9 Å². The first kappa shape index (κ1) is 12.9. The van der Waals surface area contributed by atoms with Crippen LogP contribution in [0, 0.1) is 0 Å². The Balaban J connectivity index is 2.21. The molecule has 1 heterocycles. The molecule has 0 unspecified atom stereocenters. The number of nitrogens with one attached hydrogen (secondary N) is 3. The lowest BCUT2D eigenvalue weighted by Crippen LogP contribution is -2.46. The third kappa shape index (κ3) is 2.85. The van der Waals surface area contributed by atoms with Crippen LogP contribution in [-0.2, 0) is 11.2 Å². The van der Waals surface area contributed by atoms with E-state index in [-0.39, 0.29) is 6.42 Å². The summed E-state index contributed by atoms with van der Waals surface area (Å²) in [5, 5.41) is 14.9. The molecule has 1 atom stereocenters. The predicted octanol–water partition coefficient (Wildman–Crippen LogP) is 1.09. The number of carboxylic acids is 1. The number of hydrogen-bond donors (Lipinski definition) is 4. The average Bonchev–Trinajstić information content (AvgIpc) is 2.81. The Kier molecular flexibility index (Phi) is 3.70. The molecule has 1 aromatic heterocycles. The van der Waals surface area contributed by atoms with Gasteiger partial charge in [-0.25, -0.2) is 9.59 Å². The monoisotopic (exact) mass is 261 g/mol. The zero-order chi connectivity index (χ0) is 13.8. The molecule has 0 saturated carbocycles. The van der Waals surface area contributed by atoms with Gasteiger partial charge in [0.25, 0.3) is 0 Å². The van der Waals surface area contributed by atoms with Crippen molar-refractivity contribution in [2.45, 2.75) is 12.5 Å². The van der Waals surface area contributed by atoms with Gasteiger partial charge in [-0.2, -0.15) is 0 Å². The lowest BCUT2D eigenvalue weighted by Gasteiger charge is -2.13. The maximum absolute atomic E-state index is 11.2. The van der Waals surface area contributed by atoms with Crippen molar-refractivity contribution in [1.29, 1.82) is 0 Å². The molecule has 0 aliphatic carbocycles. The minimum atomic E-state index is -1.06. The predicted molar refractivity (Wildman–Crippen MR) is 71.0 cm³/mol. The van der Waals surface area contributed by atoms with Gasteiger partial charge in [0.1, 0.15) is 6.04 Å². The van der Waals surface area contributed by atoms with E-state index < -0.39 is 18.0 Å². The molecule has 0 bridgehead atoms. The summed E-state index contributed by atoms with van der Waals surface area (Å²) in [7, 11) is 1.44. The lowest BCUT2D eigenvalue weighted by molar-refractivity contribution is -0.139. The Labute approximate surface area is 109 Å².